The number of thiophene rings is 1. The second-order valence-electron chi connectivity index (χ2n) is 4.88. The number of aryl methyl sites for hydroxylation is 1. The first-order valence-electron chi connectivity index (χ1n) is 6.39. The van der Waals surface area contributed by atoms with E-state index in [1.54, 1.807) is 7.11 Å². The Bertz CT molecular complexity index is 481. The molecule has 1 saturated heterocycles. The van der Waals surface area contributed by atoms with Gasteiger partial charge < -0.3 is 15.4 Å². The molecule has 4 nitrogen and oxygen atoms in total. The van der Waals surface area contributed by atoms with Crippen LogP contribution >= 0.6 is 39.7 Å². The Labute approximate surface area is 138 Å². The summed E-state index contributed by atoms with van der Waals surface area (Å²) in [6, 6.07) is 0.236. The third kappa shape index (κ3) is 3.67. The Hall–Kier alpha value is -0.300. The predicted octanol–water partition coefficient (Wildman–Crippen LogP) is 2.98. The molecule has 0 aliphatic carbocycles. The van der Waals surface area contributed by atoms with Gasteiger partial charge in [0.05, 0.1) is 11.6 Å². The highest BCUT2D eigenvalue weighted by Gasteiger charge is 2.26. The van der Waals surface area contributed by atoms with Gasteiger partial charge in [-0.1, -0.05) is 6.92 Å². The first kappa shape index (κ1) is 17.8. The van der Waals surface area contributed by atoms with Crippen LogP contribution in [0.1, 0.15) is 27.9 Å². The molecular formula is C13H20BrClN2O2S. The fraction of sp³-hybridized carbons (Fsp3) is 0.615. The summed E-state index contributed by atoms with van der Waals surface area (Å²) in [5.74, 6) is 1.06. The van der Waals surface area contributed by atoms with Gasteiger partial charge in [-0.25, -0.2) is 0 Å². The van der Waals surface area contributed by atoms with Gasteiger partial charge in [0.15, 0.2) is 5.75 Å². The summed E-state index contributed by atoms with van der Waals surface area (Å²) in [5.41, 5.74) is 0. The van der Waals surface area contributed by atoms with Gasteiger partial charge in [0.2, 0.25) is 0 Å². The molecule has 2 unspecified atom stereocenters. The molecule has 1 aliphatic heterocycles. The molecule has 2 heterocycles. The second kappa shape index (κ2) is 7.64. The van der Waals surface area contributed by atoms with E-state index in [0.29, 0.717) is 16.5 Å². The normalized spacial score (nSPS) is 22.0. The van der Waals surface area contributed by atoms with E-state index in [4.69, 9.17) is 4.74 Å². The fourth-order valence-electron chi connectivity index (χ4n) is 2.30. The molecule has 1 aromatic heterocycles. The van der Waals surface area contributed by atoms with Crippen molar-refractivity contribution in [3.63, 3.8) is 0 Å². The number of piperidine rings is 1. The third-order valence-corrected chi connectivity index (χ3v) is 5.78. The Balaban J connectivity index is 0.00000200. The van der Waals surface area contributed by atoms with Crippen molar-refractivity contribution in [2.75, 3.05) is 20.2 Å². The first-order chi connectivity index (χ1) is 9.04. The van der Waals surface area contributed by atoms with E-state index >= 15 is 0 Å². The molecule has 1 fully saturated rings. The van der Waals surface area contributed by atoms with Gasteiger partial charge in [0.25, 0.3) is 5.91 Å². The van der Waals surface area contributed by atoms with Crippen molar-refractivity contribution < 1.29 is 9.53 Å². The Morgan fingerprint density at radius 2 is 2.25 bits per heavy atom. The van der Waals surface area contributed by atoms with Gasteiger partial charge in [0, 0.05) is 10.9 Å². The molecule has 0 saturated carbocycles. The highest BCUT2D eigenvalue weighted by Crippen LogP contribution is 2.39. The Morgan fingerprint density at radius 3 is 2.85 bits per heavy atom. The fourth-order valence-corrected chi connectivity index (χ4v) is 3.95. The van der Waals surface area contributed by atoms with Crippen LogP contribution in [0.4, 0.5) is 0 Å². The number of carbonyl (C=O) groups excluding carboxylic acids is 1. The molecule has 1 aromatic rings. The molecule has 7 heteroatoms. The minimum atomic E-state index is -0.0330. The predicted molar refractivity (Wildman–Crippen MR) is 88.5 cm³/mol. The third-order valence-electron chi connectivity index (χ3n) is 3.48. The van der Waals surface area contributed by atoms with Crippen molar-refractivity contribution in [3.8, 4) is 5.75 Å². The number of methoxy groups -OCH3 is 1. The topological polar surface area (TPSA) is 50.4 Å². The zero-order valence-electron chi connectivity index (χ0n) is 11.8. The number of nitrogens with one attached hydrogen (secondary N) is 2. The van der Waals surface area contributed by atoms with Crippen molar-refractivity contribution >= 4 is 45.6 Å². The molecule has 0 aromatic carbocycles. The van der Waals surface area contributed by atoms with Gasteiger partial charge in [-0.15, -0.1) is 23.7 Å². The minimum Gasteiger partial charge on any atom is -0.494 e. The second-order valence-corrected chi connectivity index (χ2v) is 6.90. The van der Waals surface area contributed by atoms with E-state index in [-0.39, 0.29) is 24.4 Å². The van der Waals surface area contributed by atoms with E-state index in [1.807, 2.05) is 6.92 Å². The summed E-state index contributed by atoms with van der Waals surface area (Å²) in [6.45, 7) is 6.04. The summed E-state index contributed by atoms with van der Waals surface area (Å²) in [5, 5.41) is 6.46. The van der Waals surface area contributed by atoms with Crippen LogP contribution in [0, 0.1) is 12.8 Å². The van der Waals surface area contributed by atoms with Gasteiger partial charge in [-0.2, -0.15) is 0 Å². The van der Waals surface area contributed by atoms with E-state index in [9.17, 15) is 4.79 Å². The summed E-state index contributed by atoms with van der Waals surface area (Å²) < 4.78 is 6.20. The van der Waals surface area contributed by atoms with E-state index in [2.05, 4.69) is 33.5 Å². The lowest BCUT2D eigenvalue weighted by molar-refractivity contribution is 0.0915. The lowest BCUT2D eigenvalue weighted by Gasteiger charge is -2.30. The van der Waals surface area contributed by atoms with Crippen molar-refractivity contribution in [2.24, 2.45) is 5.92 Å². The maximum Gasteiger partial charge on any atom is 0.265 e. The van der Waals surface area contributed by atoms with Gasteiger partial charge in [0.1, 0.15) is 4.88 Å². The zero-order valence-corrected chi connectivity index (χ0v) is 15.0. The molecule has 1 aliphatic rings. The number of amides is 1. The Morgan fingerprint density at radius 1 is 1.55 bits per heavy atom. The van der Waals surface area contributed by atoms with Crippen LogP contribution in [0.3, 0.4) is 0 Å². The Kier molecular flexibility index (Phi) is 6.78. The monoisotopic (exact) mass is 382 g/mol. The smallest absolute Gasteiger partial charge is 0.265 e. The summed E-state index contributed by atoms with van der Waals surface area (Å²) in [6.07, 6.45) is 0.973. The van der Waals surface area contributed by atoms with E-state index < -0.39 is 0 Å². The SMILES string of the molecule is COc1c(C(=O)NC2CCNCC2C)sc(C)c1Br.Cl. The van der Waals surface area contributed by atoms with Crippen LogP contribution in [-0.2, 0) is 0 Å². The lowest BCUT2D eigenvalue weighted by Crippen LogP contribution is -2.48. The molecule has 2 atom stereocenters. The van der Waals surface area contributed by atoms with Crippen molar-refractivity contribution in [3.05, 3.63) is 14.2 Å². The number of rotatable bonds is 3. The van der Waals surface area contributed by atoms with E-state index in [0.717, 1.165) is 28.9 Å². The number of hydrogen-bond acceptors (Lipinski definition) is 4. The molecule has 114 valence electrons. The van der Waals surface area contributed by atoms with Crippen LogP contribution < -0.4 is 15.4 Å². The van der Waals surface area contributed by atoms with Crippen molar-refractivity contribution in [1.29, 1.82) is 0 Å². The number of ether oxygens (including phenoxy) is 1. The number of hydrogen-bond donors (Lipinski definition) is 2. The lowest BCUT2D eigenvalue weighted by atomic mass is 9.95. The highest BCUT2D eigenvalue weighted by molar-refractivity contribution is 9.10. The van der Waals surface area contributed by atoms with Crippen LogP contribution in [-0.4, -0.2) is 32.1 Å². The van der Waals surface area contributed by atoms with Gasteiger partial charge in [-0.3, -0.25) is 4.79 Å². The molecule has 2 N–H and O–H groups in total. The number of carbonyl (C=O) groups is 1. The molecule has 20 heavy (non-hydrogen) atoms. The molecule has 1 amide bonds. The maximum atomic E-state index is 12.4. The van der Waals surface area contributed by atoms with Crippen LogP contribution in [0.2, 0.25) is 0 Å². The van der Waals surface area contributed by atoms with Crippen LogP contribution in [0.15, 0.2) is 4.47 Å². The summed E-state index contributed by atoms with van der Waals surface area (Å²) >= 11 is 4.93. The molecule has 0 radical (unpaired) electrons. The standard InChI is InChI=1S/C13H19BrN2O2S.ClH/c1-7-6-15-5-4-9(7)16-13(17)12-11(18-3)10(14)8(2)19-12;/h7,9,15H,4-6H2,1-3H3,(H,16,17);1H. The summed E-state index contributed by atoms with van der Waals surface area (Å²) in [7, 11) is 1.59. The molecular weight excluding hydrogens is 364 g/mol. The van der Waals surface area contributed by atoms with Crippen LogP contribution in [0.5, 0.6) is 5.75 Å². The molecule has 0 spiro atoms. The largest absolute Gasteiger partial charge is 0.494 e. The summed E-state index contributed by atoms with van der Waals surface area (Å²) in [4.78, 5) is 14.1. The van der Waals surface area contributed by atoms with E-state index in [1.165, 1.54) is 11.3 Å². The average molecular weight is 384 g/mol. The number of halogens is 2. The quantitative estimate of drug-likeness (QED) is 0.843. The maximum absolute atomic E-state index is 12.4. The first-order valence-corrected chi connectivity index (χ1v) is 8.00. The highest BCUT2D eigenvalue weighted by atomic mass is 79.9. The minimum absolute atomic E-state index is 0. The van der Waals surface area contributed by atoms with Crippen molar-refractivity contribution in [2.45, 2.75) is 26.3 Å². The van der Waals surface area contributed by atoms with Crippen molar-refractivity contribution in [1.82, 2.24) is 10.6 Å². The van der Waals surface area contributed by atoms with Crippen LogP contribution in [0.25, 0.3) is 0 Å². The van der Waals surface area contributed by atoms with Gasteiger partial charge >= 0.3 is 0 Å². The zero-order chi connectivity index (χ0) is 14.0. The van der Waals surface area contributed by atoms with Gasteiger partial charge in [-0.05, 0) is 48.3 Å². The average Bonchev–Trinajstić information content (AvgIpc) is 2.68. The molecule has 2 rings (SSSR count). The molecule has 0 bridgehead atoms.